The fourth-order valence-corrected chi connectivity index (χ4v) is 3.87. The molecule has 7 nitrogen and oxygen atoms in total. The van der Waals surface area contributed by atoms with E-state index in [0.717, 1.165) is 69.3 Å². The number of hydrogen-bond acceptors (Lipinski definition) is 6. The number of Topliss-reactive ketones (excluding diaryl/α,β-unsaturated/α-hetero) is 1. The molecule has 1 saturated heterocycles. The third kappa shape index (κ3) is 14.2. The van der Waals surface area contributed by atoms with E-state index in [0.29, 0.717) is 25.7 Å². The first kappa shape index (κ1) is 29.3. The Morgan fingerprint density at radius 1 is 0.818 bits per heavy atom. The van der Waals surface area contributed by atoms with Crippen LogP contribution in [0.25, 0.3) is 0 Å². The number of nitrogens with zero attached hydrogens (tertiary/aromatic N) is 1. The normalized spacial score (nSPS) is 15.2. The van der Waals surface area contributed by atoms with E-state index in [9.17, 15) is 19.2 Å². The lowest BCUT2D eigenvalue weighted by molar-refractivity contribution is -0.204. The summed E-state index contributed by atoms with van der Waals surface area (Å²) in [5.74, 6) is -0.411. The van der Waals surface area contributed by atoms with Gasteiger partial charge in [0.15, 0.2) is 0 Å². The Balaban J connectivity index is 2.17. The molecule has 0 aromatic carbocycles. The molecule has 1 heterocycles. The number of ketones is 1. The van der Waals surface area contributed by atoms with E-state index in [2.05, 4.69) is 0 Å². The lowest BCUT2D eigenvalue weighted by atomic mass is 10.0. The summed E-state index contributed by atoms with van der Waals surface area (Å²) in [4.78, 5) is 52.8. The van der Waals surface area contributed by atoms with Crippen LogP contribution < -0.4 is 0 Å². The van der Waals surface area contributed by atoms with E-state index in [4.69, 9.17) is 9.57 Å². The average Bonchev–Trinajstić information content (AvgIpc) is 3.05. The second-order valence-corrected chi connectivity index (χ2v) is 10.0. The van der Waals surface area contributed by atoms with Gasteiger partial charge in [-0.15, -0.1) is 0 Å². The number of ether oxygens (including phenoxy) is 1. The number of hydroxylamine groups is 2. The van der Waals surface area contributed by atoms with Gasteiger partial charge in [-0.25, -0.2) is 0 Å². The molecule has 0 saturated carbocycles. The van der Waals surface area contributed by atoms with Crippen LogP contribution in [0.15, 0.2) is 0 Å². The van der Waals surface area contributed by atoms with Gasteiger partial charge in [0, 0.05) is 32.1 Å². The van der Waals surface area contributed by atoms with Crippen molar-refractivity contribution in [1.82, 2.24) is 5.06 Å². The highest BCUT2D eigenvalue weighted by Gasteiger charge is 2.32. The minimum atomic E-state index is -0.409. The van der Waals surface area contributed by atoms with E-state index in [1.165, 1.54) is 0 Å². The molecular weight excluding hydrogens is 422 g/mol. The van der Waals surface area contributed by atoms with E-state index in [1.54, 1.807) is 0 Å². The Hall–Kier alpha value is -1.76. The van der Waals surface area contributed by atoms with Crippen molar-refractivity contribution in [2.24, 2.45) is 0 Å². The van der Waals surface area contributed by atoms with Gasteiger partial charge in [0.25, 0.3) is 11.8 Å². The molecule has 0 bridgehead atoms. The zero-order chi connectivity index (χ0) is 24.7. The number of imide groups is 1. The highest BCUT2D eigenvalue weighted by atomic mass is 16.7. The summed E-state index contributed by atoms with van der Waals surface area (Å²) in [7, 11) is 0. The Kier molecular flexibility index (Phi) is 14.2. The van der Waals surface area contributed by atoms with Crippen LogP contribution in [0.5, 0.6) is 0 Å². The van der Waals surface area contributed by atoms with Crippen LogP contribution in [0.4, 0.5) is 0 Å². The number of carbonyl (C=O) groups excluding carboxylic acids is 4. The zero-order valence-corrected chi connectivity index (χ0v) is 21.3. The van der Waals surface area contributed by atoms with Crippen molar-refractivity contribution in [2.75, 3.05) is 0 Å². The molecule has 0 radical (unpaired) electrons. The van der Waals surface area contributed by atoms with Gasteiger partial charge in [0.05, 0.1) is 6.10 Å². The van der Waals surface area contributed by atoms with E-state index in [-0.39, 0.29) is 42.5 Å². The lowest BCUT2D eigenvalue weighted by Gasteiger charge is -2.22. The topological polar surface area (TPSA) is 90.0 Å². The molecule has 1 aliphatic heterocycles. The Morgan fingerprint density at radius 2 is 1.33 bits per heavy atom. The summed E-state index contributed by atoms with van der Waals surface area (Å²) in [6, 6.07) is 0. The zero-order valence-electron chi connectivity index (χ0n) is 21.3. The Bertz CT molecular complexity index is 609. The van der Waals surface area contributed by atoms with Gasteiger partial charge < -0.3 is 4.74 Å². The van der Waals surface area contributed by atoms with Gasteiger partial charge in [-0.05, 0) is 46.5 Å². The van der Waals surface area contributed by atoms with Gasteiger partial charge in [0.2, 0.25) is 0 Å². The van der Waals surface area contributed by atoms with Crippen molar-refractivity contribution in [3.63, 3.8) is 0 Å². The molecule has 1 fully saturated rings. The maximum absolute atomic E-state index is 11.9. The first-order chi connectivity index (χ1) is 15.6. The molecule has 0 spiro atoms. The quantitative estimate of drug-likeness (QED) is 0.143. The van der Waals surface area contributed by atoms with Gasteiger partial charge in [-0.2, -0.15) is 5.06 Å². The van der Waals surface area contributed by atoms with Crippen molar-refractivity contribution < 1.29 is 28.8 Å². The summed E-state index contributed by atoms with van der Waals surface area (Å²) in [6.45, 7) is 7.52. The fourth-order valence-electron chi connectivity index (χ4n) is 3.87. The average molecular weight is 468 g/mol. The number of unbranched alkanes of at least 4 members (excludes halogenated alkanes) is 7. The molecule has 33 heavy (non-hydrogen) atoms. The van der Waals surface area contributed by atoms with Crippen LogP contribution in [-0.4, -0.2) is 40.3 Å². The maximum Gasteiger partial charge on any atom is 0.306 e. The highest BCUT2D eigenvalue weighted by Crippen LogP contribution is 2.21. The molecule has 1 aliphatic rings. The molecular formula is C26H45NO6. The van der Waals surface area contributed by atoms with Crippen molar-refractivity contribution >= 4 is 23.6 Å². The lowest BCUT2D eigenvalue weighted by Crippen LogP contribution is -2.34. The van der Waals surface area contributed by atoms with Gasteiger partial charge >= 0.3 is 5.97 Å². The molecule has 0 aliphatic carbocycles. The van der Waals surface area contributed by atoms with Gasteiger partial charge in [0.1, 0.15) is 11.4 Å². The van der Waals surface area contributed by atoms with Crippen molar-refractivity contribution in [2.45, 2.75) is 142 Å². The molecule has 0 N–H and O–H groups in total. The smallest absolute Gasteiger partial charge is 0.306 e. The number of amides is 2. The molecule has 7 heteroatoms. The summed E-state index contributed by atoms with van der Waals surface area (Å²) in [5.41, 5.74) is -0.409. The maximum atomic E-state index is 11.9. The molecule has 190 valence electrons. The molecule has 0 aromatic rings. The van der Waals surface area contributed by atoms with Crippen LogP contribution >= 0.6 is 0 Å². The van der Waals surface area contributed by atoms with E-state index in [1.807, 2.05) is 27.7 Å². The van der Waals surface area contributed by atoms with Gasteiger partial charge in [-0.3, -0.25) is 24.0 Å². The van der Waals surface area contributed by atoms with Crippen LogP contribution in [0, 0.1) is 0 Å². The molecule has 1 rings (SSSR count). The van der Waals surface area contributed by atoms with Crippen LogP contribution in [0.1, 0.15) is 130 Å². The first-order valence-electron chi connectivity index (χ1n) is 12.9. The number of esters is 1. The third-order valence-corrected chi connectivity index (χ3v) is 5.71. The standard InChI is InChI=1S/C26H45NO6/c1-5-21(28)15-14-17-22(33-27-23(29)19-20-24(27)30)16-12-10-8-6-7-9-11-13-18-25(31)32-26(2,3)4/h22H,5-20H2,1-4H3. The minimum absolute atomic E-state index is 0.115. The second kappa shape index (κ2) is 16.0. The first-order valence-corrected chi connectivity index (χ1v) is 12.9. The summed E-state index contributed by atoms with van der Waals surface area (Å²) < 4.78 is 5.32. The predicted octanol–water partition coefficient (Wildman–Crippen LogP) is 5.83. The SMILES string of the molecule is CCC(=O)CCCC(CCCCCCCCCCC(=O)OC(C)(C)C)ON1C(=O)CCC1=O. The molecule has 1 unspecified atom stereocenters. The van der Waals surface area contributed by atoms with Crippen molar-refractivity contribution in [1.29, 1.82) is 0 Å². The summed E-state index contributed by atoms with van der Waals surface area (Å²) in [5, 5.41) is 0.948. The summed E-state index contributed by atoms with van der Waals surface area (Å²) >= 11 is 0. The molecule has 2 amide bonds. The van der Waals surface area contributed by atoms with Gasteiger partial charge in [-0.1, -0.05) is 51.9 Å². The third-order valence-electron chi connectivity index (χ3n) is 5.71. The highest BCUT2D eigenvalue weighted by molar-refractivity contribution is 6.00. The monoisotopic (exact) mass is 467 g/mol. The predicted molar refractivity (Wildman–Crippen MR) is 127 cm³/mol. The fraction of sp³-hybridized carbons (Fsp3) is 0.846. The minimum Gasteiger partial charge on any atom is -0.460 e. The van der Waals surface area contributed by atoms with Crippen molar-refractivity contribution in [3.05, 3.63) is 0 Å². The Labute approximate surface area is 199 Å². The number of rotatable bonds is 18. The van der Waals surface area contributed by atoms with E-state index >= 15 is 0 Å². The number of hydrogen-bond donors (Lipinski definition) is 0. The van der Waals surface area contributed by atoms with Crippen LogP contribution in [0.2, 0.25) is 0 Å². The van der Waals surface area contributed by atoms with Crippen molar-refractivity contribution in [3.8, 4) is 0 Å². The molecule has 1 atom stereocenters. The number of carbonyl (C=O) groups is 4. The largest absolute Gasteiger partial charge is 0.460 e. The summed E-state index contributed by atoms with van der Waals surface area (Å²) in [6.07, 6.45) is 12.5. The molecule has 0 aromatic heterocycles. The van der Waals surface area contributed by atoms with Crippen LogP contribution in [-0.2, 0) is 28.8 Å². The second-order valence-electron chi connectivity index (χ2n) is 10.0. The van der Waals surface area contributed by atoms with E-state index < -0.39 is 5.60 Å². The van der Waals surface area contributed by atoms with Crippen LogP contribution in [0.3, 0.4) is 0 Å². The Morgan fingerprint density at radius 3 is 1.88 bits per heavy atom.